The molecule has 0 bridgehead atoms. The molecule has 1 aliphatic carbocycles. The summed E-state index contributed by atoms with van der Waals surface area (Å²) in [5.74, 6) is 0.468. The summed E-state index contributed by atoms with van der Waals surface area (Å²) in [5.41, 5.74) is 1.10. The fraction of sp³-hybridized carbons (Fsp3) is 0.640. The van der Waals surface area contributed by atoms with Crippen LogP contribution in [0.4, 0.5) is 0 Å². The zero-order chi connectivity index (χ0) is 23.6. The second-order valence-corrected chi connectivity index (χ2v) is 9.35. The molecule has 3 rings (SSSR count). The normalized spacial score (nSPS) is 30.1. The van der Waals surface area contributed by atoms with Crippen LogP contribution in [0.3, 0.4) is 0 Å². The van der Waals surface area contributed by atoms with Crippen molar-refractivity contribution >= 4 is 5.97 Å². The number of esters is 1. The van der Waals surface area contributed by atoms with Gasteiger partial charge in [0.15, 0.2) is 11.5 Å². The number of aliphatic hydroxyl groups is 1. The highest BCUT2D eigenvalue weighted by atomic mass is 16.6. The van der Waals surface area contributed by atoms with Crippen LogP contribution >= 0.6 is 0 Å². The van der Waals surface area contributed by atoms with E-state index in [1.54, 1.807) is 12.1 Å². The SMILES string of the molecule is COc1cc(C(=O)OC2C=C(C)CCC3OC3(C)CC(O)[C@@H]2C(C)C)cc(OC)c1OC. The summed E-state index contributed by atoms with van der Waals surface area (Å²) in [6.45, 7) is 8.16. The number of methoxy groups -OCH3 is 3. The largest absolute Gasteiger partial charge is 0.493 e. The minimum Gasteiger partial charge on any atom is -0.493 e. The van der Waals surface area contributed by atoms with Crippen LogP contribution in [0, 0.1) is 11.8 Å². The van der Waals surface area contributed by atoms with Crippen LogP contribution in [0.25, 0.3) is 0 Å². The lowest BCUT2D eigenvalue weighted by atomic mass is 9.79. The van der Waals surface area contributed by atoms with Crippen molar-refractivity contribution < 1.29 is 33.6 Å². The molecule has 0 amide bonds. The number of carbonyl (C=O) groups excluding carboxylic acids is 1. The number of allylic oxidation sites excluding steroid dienone is 1. The van der Waals surface area contributed by atoms with Gasteiger partial charge in [0.05, 0.1) is 44.7 Å². The highest BCUT2D eigenvalue weighted by molar-refractivity contribution is 5.91. The molecular formula is C25H36O7. The monoisotopic (exact) mass is 448 g/mol. The van der Waals surface area contributed by atoms with Gasteiger partial charge in [-0.15, -0.1) is 0 Å². The van der Waals surface area contributed by atoms with Gasteiger partial charge in [0.1, 0.15) is 6.10 Å². The Kier molecular flexibility index (Phi) is 7.40. The van der Waals surface area contributed by atoms with Crippen molar-refractivity contribution in [3.8, 4) is 17.2 Å². The van der Waals surface area contributed by atoms with E-state index in [-0.39, 0.29) is 29.1 Å². The quantitative estimate of drug-likeness (QED) is 0.397. The first kappa shape index (κ1) is 24.4. The van der Waals surface area contributed by atoms with Crippen molar-refractivity contribution in [2.24, 2.45) is 11.8 Å². The molecule has 0 saturated carbocycles. The summed E-state index contributed by atoms with van der Waals surface area (Å²) in [4.78, 5) is 13.2. The molecule has 2 aliphatic rings. The third-order valence-electron chi connectivity index (χ3n) is 6.64. The molecule has 32 heavy (non-hydrogen) atoms. The number of ether oxygens (including phenoxy) is 5. The Morgan fingerprint density at radius 3 is 2.31 bits per heavy atom. The van der Waals surface area contributed by atoms with Crippen LogP contribution in [-0.4, -0.2) is 56.3 Å². The third-order valence-corrected chi connectivity index (χ3v) is 6.64. The van der Waals surface area contributed by atoms with Gasteiger partial charge in [-0.05, 0) is 50.8 Å². The molecule has 0 spiro atoms. The lowest BCUT2D eigenvalue weighted by Gasteiger charge is -2.33. The van der Waals surface area contributed by atoms with Crippen molar-refractivity contribution in [1.29, 1.82) is 0 Å². The molecule has 1 aromatic rings. The predicted octanol–water partition coefficient (Wildman–Crippen LogP) is 4.16. The molecule has 1 fully saturated rings. The molecular weight excluding hydrogens is 412 g/mol. The summed E-state index contributed by atoms with van der Waals surface area (Å²) in [7, 11) is 4.51. The van der Waals surface area contributed by atoms with Gasteiger partial charge in [-0.3, -0.25) is 0 Å². The highest BCUT2D eigenvalue weighted by Crippen LogP contribution is 2.46. The van der Waals surface area contributed by atoms with Gasteiger partial charge in [0.25, 0.3) is 0 Å². The Hall–Kier alpha value is -2.25. The lowest BCUT2D eigenvalue weighted by Crippen LogP contribution is -2.40. The van der Waals surface area contributed by atoms with Crippen LogP contribution < -0.4 is 14.2 Å². The lowest BCUT2D eigenvalue weighted by molar-refractivity contribution is -0.0253. The molecule has 1 N–H and O–H groups in total. The van der Waals surface area contributed by atoms with Crippen molar-refractivity contribution in [2.45, 2.75) is 70.9 Å². The van der Waals surface area contributed by atoms with Gasteiger partial charge in [-0.25, -0.2) is 4.79 Å². The number of epoxide rings is 1. The molecule has 5 atom stereocenters. The van der Waals surface area contributed by atoms with E-state index in [0.29, 0.717) is 23.7 Å². The van der Waals surface area contributed by atoms with E-state index in [1.165, 1.54) is 21.3 Å². The number of hydrogen-bond donors (Lipinski definition) is 1. The Morgan fingerprint density at radius 2 is 1.78 bits per heavy atom. The maximum Gasteiger partial charge on any atom is 0.339 e. The Balaban J connectivity index is 1.93. The molecule has 1 heterocycles. The number of rotatable bonds is 6. The van der Waals surface area contributed by atoms with Crippen molar-refractivity contribution in [2.75, 3.05) is 21.3 Å². The predicted molar refractivity (Wildman–Crippen MR) is 121 cm³/mol. The van der Waals surface area contributed by atoms with Gasteiger partial charge in [-0.2, -0.15) is 0 Å². The molecule has 1 aliphatic heterocycles. The number of benzene rings is 1. The van der Waals surface area contributed by atoms with E-state index in [9.17, 15) is 9.90 Å². The third kappa shape index (κ3) is 5.04. The first-order chi connectivity index (χ1) is 15.1. The number of carbonyl (C=O) groups is 1. The van der Waals surface area contributed by atoms with E-state index in [1.807, 2.05) is 26.8 Å². The van der Waals surface area contributed by atoms with Crippen LogP contribution in [0.5, 0.6) is 17.2 Å². The van der Waals surface area contributed by atoms with Gasteiger partial charge in [0.2, 0.25) is 5.75 Å². The summed E-state index contributed by atoms with van der Waals surface area (Å²) in [5, 5.41) is 11.1. The van der Waals surface area contributed by atoms with Gasteiger partial charge in [-0.1, -0.05) is 19.4 Å². The van der Waals surface area contributed by atoms with Crippen molar-refractivity contribution in [1.82, 2.24) is 0 Å². The van der Waals surface area contributed by atoms with Gasteiger partial charge >= 0.3 is 5.97 Å². The minimum absolute atomic E-state index is 0.0898. The van der Waals surface area contributed by atoms with E-state index in [0.717, 1.165) is 18.4 Å². The molecule has 178 valence electrons. The molecule has 7 nitrogen and oxygen atoms in total. The van der Waals surface area contributed by atoms with Crippen LogP contribution in [0.1, 0.15) is 57.3 Å². The van der Waals surface area contributed by atoms with Crippen LogP contribution in [-0.2, 0) is 9.47 Å². The van der Waals surface area contributed by atoms with E-state index < -0.39 is 18.2 Å². The van der Waals surface area contributed by atoms with Crippen LogP contribution in [0.15, 0.2) is 23.8 Å². The molecule has 0 aromatic heterocycles. The second-order valence-electron chi connectivity index (χ2n) is 9.35. The molecule has 1 saturated heterocycles. The molecule has 0 radical (unpaired) electrons. The smallest absolute Gasteiger partial charge is 0.339 e. The Labute approximate surface area is 190 Å². The maximum absolute atomic E-state index is 13.2. The zero-order valence-electron chi connectivity index (χ0n) is 20.1. The Bertz CT molecular complexity index is 837. The summed E-state index contributed by atoms with van der Waals surface area (Å²) < 4.78 is 28.0. The minimum atomic E-state index is -0.662. The molecule has 7 heteroatoms. The summed E-state index contributed by atoms with van der Waals surface area (Å²) >= 11 is 0. The number of fused-ring (bicyclic) bond motifs is 1. The van der Waals surface area contributed by atoms with Crippen molar-refractivity contribution in [3.05, 3.63) is 29.3 Å². The molecule has 1 aromatic carbocycles. The average molecular weight is 449 g/mol. The topological polar surface area (TPSA) is 86.8 Å². The van der Waals surface area contributed by atoms with Crippen molar-refractivity contribution in [3.63, 3.8) is 0 Å². The first-order valence-electron chi connectivity index (χ1n) is 11.2. The highest BCUT2D eigenvalue weighted by Gasteiger charge is 2.54. The number of aliphatic hydroxyl groups excluding tert-OH is 1. The number of hydrogen-bond acceptors (Lipinski definition) is 7. The summed E-state index contributed by atoms with van der Waals surface area (Å²) in [6.07, 6.45) is 3.19. The summed E-state index contributed by atoms with van der Waals surface area (Å²) in [6, 6.07) is 3.15. The fourth-order valence-corrected chi connectivity index (χ4v) is 4.77. The van der Waals surface area contributed by atoms with E-state index in [2.05, 4.69) is 6.92 Å². The molecule has 4 unspecified atom stereocenters. The van der Waals surface area contributed by atoms with Gasteiger partial charge in [0, 0.05) is 12.3 Å². The first-order valence-corrected chi connectivity index (χ1v) is 11.2. The van der Waals surface area contributed by atoms with Crippen LogP contribution in [0.2, 0.25) is 0 Å². The van der Waals surface area contributed by atoms with E-state index in [4.69, 9.17) is 23.7 Å². The van der Waals surface area contributed by atoms with Gasteiger partial charge < -0.3 is 28.8 Å². The Morgan fingerprint density at radius 1 is 1.16 bits per heavy atom. The maximum atomic E-state index is 13.2. The standard InChI is InChI=1S/C25H36O7/c1-14(2)22-17(26)13-25(4)21(32-25)9-8-15(3)10-18(22)31-24(27)16-11-19(28-5)23(30-7)20(12-16)29-6/h10-12,14,17-18,21-22,26H,8-9,13H2,1-7H3/t17?,18?,21?,22-,25?/m0/s1. The second kappa shape index (κ2) is 9.71. The zero-order valence-corrected chi connectivity index (χ0v) is 20.1. The average Bonchev–Trinajstić information content (AvgIpc) is 3.39. The fourth-order valence-electron chi connectivity index (χ4n) is 4.77. The van der Waals surface area contributed by atoms with E-state index >= 15 is 0 Å².